The van der Waals surface area contributed by atoms with Crippen LogP contribution in [0, 0.1) is 0 Å². The van der Waals surface area contributed by atoms with Gasteiger partial charge in [-0.15, -0.1) is 0 Å². The number of hydrogen-bond acceptors (Lipinski definition) is 4. The number of rotatable bonds is 1. The molecule has 0 saturated carbocycles. The number of benzene rings is 1. The Labute approximate surface area is 121 Å². The highest BCUT2D eigenvalue weighted by Gasteiger charge is 2.40. The average molecular weight is 279 g/mol. The van der Waals surface area contributed by atoms with E-state index in [9.17, 15) is 14.4 Å². The third-order valence-electron chi connectivity index (χ3n) is 2.54. The van der Waals surface area contributed by atoms with E-state index < -0.39 is 30.5 Å². The van der Waals surface area contributed by atoms with Gasteiger partial charge < -0.3 is 4.74 Å². The zero-order chi connectivity index (χ0) is 17.6. The molecule has 0 N–H and O–H groups in total. The lowest BCUT2D eigenvalue weighted by molar-refractivity contribution is -0.0191. The lowest BCUT2D eigenvalue weighted by Crippen LogP contribution is -2.48. The van der Waals surface area contributed by atoms with E-state index in [-0.39, 0.29) is 16.1 Å². The van der Waals surface area contributed by atoms with Gasteiger partial charge in [0.05, 0.1) is 11.1 Å². The van der Waals surface area contributed by atoms with Gasteiger partial charge in [0.15, 0.2) is 0 Å². The van der Waals surface area contributed by atoms with E-state index in [0.717, 1.165) is 0 Å². The first-order valence-corrected chi connectivity index (χ1v) is 5.94. The van der Waals surface area contributed by atoms with Gasteiger partial charge in [-0.1, -0.05) is 12.1 Å². The molecule has 106 valence electrons. The van der Waals surface area contributed by atoms with Crippen LogP contribution in [-0.2, 0) is 4.74 Å². The molecule has 0 bridgehead atoms. The average Bonchev–Trinajstić information content (AvgIpc) is 2.61. The molecule has 0 spiro atoms. The van der Waals surface area contributed by atoms with Crippen molar-refractivity contribution in [3.05, 3.63) is 35.4 Å². The number of amides is 3. The maximum Gasteiger partial charge on any atom is 0.429 e. The molecule has 1 aromatic carbocycles. The highest BCUT2D eigenvalue weighted by atomic mass is 16.6. The predicted molar refractivity (Wildman–Crippen MR) is 70.9 cm³/mol. The molecular weight excluding hydrogens is 260 g/mol. The molecule has 1 aliphatic rings. The van der Waals surface area contributed by atoms with Crippen molar-refractivity contribution >= 4 is 17.9 Å². The molecule has 1 heterocycles. The summed E-state index contributed by atoms with van der Waals surface area (Å²) in [5.41, 5.74) is -0.912. The molecule has 0 radical (unpaired) electrons. The molecule has 0 atom stereocenters. The molecular formula is C14H16N2O4. The second-order valence-electron chi connectivity index (χ2n) is 5.26. The molecule has 0 saturated heterocycles. The Morgan fingerprint density at radius 3 is 2.10 bits per heavy atom. The van der Waals surface area contributed by atoms with Crippen molar-refractivity contribution in [1.29, 1.82) is 0 Å². The van der Waals surface area contributed by atoms with E-state index in [1.165, 1.54) is 12.1 Å². The second kappa shape index (κ2) is 4.63. The van der Waals surface area contributed by atoms with Crippen LogP contribution < -0.4 is 0 Å². The van der Waals surface area contributed by atoms with Crippen molar-refractivity contribution in [1.82, 2.24) is 10.0 Å². The Morgan fingerprint density at radius 1 is 1.20 bits per heavy atom. The molecule has 3 amide bonds. The Balaban J connectivity index is 2.45. The van der Waals surface area contributed by atoms with Crippen molar-refractivity contribution in [3.8, 4) is 0 Å². The highest BCUT2D eigenvalue weighted by Crippen LogP contribution is 2.24. The van der Waals surface area contributed by atoms with Crippen LogP contribution in [0.5, 0.6) is 0 Å². The summed E-state index contributed by atoms with van der Waals surface area (Å²) in [6, 6.07) is 5.87. The van der Waals surface area contributed by atoms with Crippen LogP contribution in [0.2, 0.25) is 0 Å². The largest absolute Gasteiger partial charge is 0.442 e. The van der Waals surface area contributed by atoms with E-state index in [1.54, 1.807) is 32.9 Å². The molecule has 0 aliphatic carbocycles. The molecule has 2 rings (SSSR count). The summed E-state index contributed by atoms with van der Waals surface area (Å²) in [5, 5.41) is 0.397. The predicted octanol–water partition coefficient (Wildman–Crippen LogP) is 2.06. The van der Waals surface area contributed by atoms with Crippen molar-refractivity contribution in [3.63, 3.8) is 0 Å². The molecule has 20 heavy (non-hydrogen) atoms. The fourth-order valence-corrected chi connectivity index (χ4v) is 1.74. The van der Waals surface area contributed by atoms with Crippen molar-refractivity contribution < 1.29 is 23.2 Å². The van der Waals surface area contributed by atoms with Gasteiger partial charge in [0.1, 0.15) is 5.60 Å². The number of carbonyl (C=O) groups is 3. The number of imide groups is 1. The molecule has 1 aromatic rings. The first-order chi connectivity index (χ1) is 10.4. The van der Waals surface area contributed by atoms with E-state index in [4.69, 9.17) is 8.85 Å². The van der Waals surface area contributed by atoms with Gasteiger partial charge >= 0.3 is 6.09 Å². The fraction of sp³-hybridized carbons (Fsp3) is 0.357. The zero-order valence-corrected chi connectivity index (χ0v) is 11.3. The van der Waals surface area contributed by atoms with Gasteiger partial charge in [-0.3, -0.25) is 9.59 Å². The van der Waals surface area contributed by atoms with E-state index >= 15 is 0 Å². The van der Waals surface area contributed by atoms with Gasteiger partial charge in [-0.25, -0.2) is 9.80 Å². The zero-order valence-electron chi connectivity index (χ0n) is 14.3. The van der Waals surface area contributed by atoms with E-state index in [0.29, 0.717) is 5.01 Å². The third kappa shape index (κ3) is 2.36. The Bertz CT molecular complexity index is 644. The van der Waals surface area contributed by atoms with Crippen LogP contribution in [-0.4, -0.2) is 40.5 Å². The van der Waals surface area contributed by atoms with Gasteiger partial charge in [0.25, 0.3) is 11.8 Å². The molecule has 6 nitrogen and oxygen atoms in total. The lowest BCUT2D eigenvalue weighted by Gasteiger charge is -2.29. The Kier molecular flexibility index (Phi) is 2.41. The van der Waals surface area contributed by atoms with Gasteiger partial charge in [0, 0.05) is 11.1 Å². The van der Waals surface area contributed by atoms with Crippen LogP contribution >= 0.6 is 0 Å². The quantitative estimate of drug-likeness (QED) is 0.738. The minimum atomic E-state index is -3.06. The van der Waals surface area contributed by atoms with Crippen molar-refractivity contribution in [2.45, 2.75) is 26.4 Å². The number of fused-ring (bicyclic) bond motifs is 1. The molecule has 1 aliphatic heterocycles. The highest BCUT2D eigenvalue weighted by molar-refractivity contribution is 6.21. The monoisotopic (exact) mass is 279 g/mol. The third-order valence-corrected chi connectivity index (χ3v) is 2.54. The minimum absolute atomic E-state index is 0.0373. The van der Waals surface area contributed by atoms with Crippen LogP contribution in [0.3, 0.4) is 0 Å². The molecule has 0 unspecified atom stereocenters. The number of nitrogens with zero attached hydrogens (tertiary/aromatic N) is 2. The maximum atomic E-state index is 12.4. The molecule has 0 fully saturated rings. The Morgan fingerprint density at radius 2 is 1.70 bits per heavy atom. The smallest absolute Gasteiger partial charge is 0.429 e. The first kappa shape index (κ1) is 10.4. The normalized spacial score (nSPS) is 17.1. The standard InChI is InChI=1S/C14H16N2O4/c1-14(2,3)20-13(19)15(4)16-11(17)9-7-5-6-8-10(9)12(16)18/h5-8H,1-4H3/i4D3. The summed E-state index contributed by atoms with van der Waals surface area (Å²) in [4.78, 5) is 37.0. The van der Waals surface area contributed by atoms with Gasteiger partial charge in [-0.2, -0.15) is 5.01 Å². The van der Waals surface area contributed by atoms with Gasteiger partial charge in [-0.05, 0) is 32.9 Å². The summed E-state index contributed by atoms with van der Waals surface area (Å²) in [7, 11) is 0. The number of hydrazine groups is 1. The van der Waals surface area contributed by atoms with E-state index in [2.05, 4.69) is 0 Å². The summed E-state index contributed by atoms with van der Waals surface area (Å²) in [5.74, 6) is -1.76. The fourth-order valence-electron chi connectivity index (χ4n) is 1.74. The minimum Gasteiger partial charge on any atom is -0.442 e. The number of ether oxygens (including phenoxy) is 1. The summed E-state index contributed by atoms with van der Waals surface area (Å²) in [6.07, 6.45) is -1.30. The summed E-state index contributed by atoms with van der Waals surface area (Å²) >= 11 is 0. The van der Waals surface area contributed by atoms with E-state index in [1.807, 2.05) is 0 Å². The molecule has 0 aromatic heterocycles. The van der Waals surface area contributed by atoms with Crippen molar-refractivity contribution in [2.24, 2.45) is 0 Å². The summed E-state index contributed by atoms with van der Waals surface area (Å²) in [6.45, 7) is 1.58. The van der Waals surface area contributed by atoms with Crippen LogP contribution in [0.1, 0.15) is 45.6 Å². The number of hydrogen-bond donors (Lipinski definition) is 0. The van der Waals surface area contributed by atoms with Crippen molar-refractivity contribution in [2.75, 3.05) is 6.98 Å². The molecule has 6 heteroatoms. The maximum absolute atomic E-state index is 12.4. The number of carbonyl (C=O) groups excluding carboxylic acids is 3. The first-order valence-electron chi connectivity index (χ1n) is 7.44. The van der Waals surface area contributed by atoms with Crippen LogP contribution in [0.15, 0.2) is 24.3 Å². The SMILES string of the molecule is [2H]C([2H])([2H])N(C(=O)OC(C)(C)C)N1C(=O)c2ccccc2C1=O. The lowest BCUT2D eigenvalue weighted by atomic mass is 10.1. The van der Waals surface area contributed by atoms with Crippen LogP contribution in [0.4, 0.5) is 4.79 Å². The van der Waals surface area contributed by atoms with Gasteiger partial charge in [0.2, 0.25) is 0 Å². The summed E-state index contributed by atoms with van der Waals surface area (Å²) < 4.78 is 27.5. The second-order valence-corrected chi connectivity index (χ2v) is 5.26. The van der Waals surface area contributed by atoms with Crippen LogP contribution in [0.25, 0.3) is 0 Å². The Hall–Kier alpha value is -2.37. The topological polar surface area (TPSA) is 66.9 Å².